The van der Waals surface area contributed by atoms with Crippen LogP contribution in [-0.2, 0) is 16.1 Å². The fourth-order valence-corrected chi connectivity index (χ4v) is 2.56. The number of nitrogens with one attached hydrogen (secondary N) is 1. The Morgan fingerprint density at radius 2 is 1.96 bits per heavy atom. The Balaban J connectivity index is 1.87. The largest absolute Gasteiger partial charge is 0.490 e. The zero-order chi connectivity index (χ0) is 17.0. The number of rotatable bonds is 7. The van der Waals surface area contributed by atoms with Crippen molar-refractivity contribution >= 4 is 5.97 Å². The predicted octanol–water partition coefficient (Wildman–Crippen LogP) is 3.43. The molecule has 128 valence electrons. The molecule has 0 unspecified atom stereocenters. The molecule has 0 aromatic heterocycles. The van der Waals surface area contributed by atoms with Crippen molar-refractivity contribution in [3.05, 3.63) is 29.6 Å². The quantitative estimate of drug-likeness (QED) is 0.781. The minimum Gasteiger partial charge on any atom is -0.490 e. The fraction of sp³-hybridized carbons (Fsp3) is 0.611. The van der Waals surface area contributed by atoms with Crippen molar-refractivity contribution < 1.29 is 18.7 Å². The molecule has 1 aliphatic carbocycles. The second kappa shape index (κ2) is 7.77. The Morgan fingerprint density at radius 3 is 2.57 bits per heavy atom. The van der Waals surface area contributed by atoms with Crippen LogP contribution in [0.2, 0.25) is 0 Å². The molecule has 0 saturated heterocycles. The molecule has 1 N–H and O–H groups in total. The molecule has 2 rings (SSSR count). The Labute approximate surface area is 137 Å². The van der Waals surface area contributed by atoms with Gasteiger partial charge < -0.3 is 14.8 Å². The van der Waals surface area contributed by atoms with Crippen molar-refractivity contribution in [1.29, 1.82) is 0 Å². The molecular weight excluding hydrogens is 297 g/mol. The normalized spacial score (nSPS) is 20.5. The molecule has 5 heteroatoms. The molecule has 4 nitrogen and oxygen atoms in total. The van der Waals surface area contributed by atoms with Crippen LogP contribution in [0.3, 0.4) is 0 Å². The standard InChI is InChI=1S/C18H26FNO3/c1-11(2)18(21)22-10-13-5-14(19)7-16(6-13)23-17-8-15(9-17)20-12(3)4/h5-7,11-12,15,17,20H,8-10H2,1-4H3. The summed E-state index contributed by atoms with van der Waals surface area (Å²) >= 11 is 0. The van der Waals surface area contributed by atoms with E-state index < -0.39 is 0 Å². The van der Waals surface area contributed by atoms with Gasteiger partial charge >= 0.3 is 5.97 Å². The summed E-state index contributed by atoms with van der Waals surface area (Å²) in [6.07, 6.45) is 1.96. The van der Waals surface area contributed by atoms with E-state index in [1.54, 1.807) is 19.9 Å². The van der Waals surface area contributed by atoms with Crippen molar-refractivity contribution in [1.82, 2.24) is 5.32 Å². The van der Waals surface area contributed by atoms with Gasteiger partial charge in [0.1, 0.15) is 24.3 Å². The van der Waals surface area contributed by atoms with Gasteiger partial charge in [0.05, 0.1) is 5.92 Å². The lowest BCUT2D eigenvalue weighted by molar-refractivity contribution is -0.148. The van der Waals surface area contributed by atoms with Crippen LogP contribution in [0.5, 0.6) is 5.75 Å². The van der Waals surface area contributed by atoms with E-state index in [1.165, 1.54) is 12.1 Å². The highest BCUT2D eigenvalue weighted by molar-refractivity contribution is 5.71. The topological polar surface area (TPSA) is 47.6 Å². The molecule has 0 radical (unpaired) electrons. The molecule has 1 aromatic rings. The van der Waals surface area contributed by atoms with Gasteiger partial charge in [-0.25, -0.2) is 4.39 Å². The number of benzene rings is 1. The maximum Gasteiger partial charge on any atom is 0.308 e. The molecule has 0 bridgehead atoms. The smallest absolute Gasteiger partial charge is 0.308 e. The minimum atomic E-state index is -0.380. The Hall–Kier alpha value is -1.62. The molecule has 1 aliphatic rings. The number of halogens is 1. The third-order valence-electron chi connectivity index (χ3n) is 3.75. The number of carbonyl (C=O) groups excluding carboxylic acids is 1. The average molecular weight is 323 g/mol. The summed E-state index contributed by atoms with van der Waals surface area (Å²) in [6.45, 7) is 7.83. The first kappa shape index (κ1) is 17.7. The number of ether oxygens (including phenoxy) is 2. The lowest BCUT2D eigenvalue weighted by Gasteiger charge is -2.37. The Kier molecular flexibility index (Phi) is 5.99. The third-order valence-corrected chi connectivity index (χ3v) is 3.75. The summed E-state index contributed by atoms with van der Waals surface area (Å²) in [5.41, 5.74) is 0.602. The molecule has 1 aromatic carbocycles. The van der Waals surface area contributed by atoms with Gasteiger partial charge in [-0.05, 0) is 30.5 Å². The number of hydrogen-bond acceptors (Lipinski definition) is 4. The summed E-state index contributed by atoms with van der Waals surface area (Å²) in [7, 11) is 0. The maximum absolute atomic E-state index is 13.7. The van der Waals surface area contributed by atoms with Gasteiger partial charge in [-0.3, -0.25) is 4.79 Å². The van der Waals surface area contributed by atoms with Crippen molar-refractivity contribution in [2.45, 2.75) is 65.3 Å². The summed E-state index contributed by atoms with van der Waals surface area (Å²) in [4.78, 5) is 11.5. The van der Waals surface area contributed by atoms with Crippen LogP contribution in [0.1, 0.15) is 46.1 Å². The number of carbonyl (C=O) groups is 1. The van der Waals surface area contributed by atoms with E-state index in [-0.39, 0.29) is 30.4 Å². The van der Waals surface area contributed by atoms with Gasteiger partial charge in [0.2, 0.25) is 0 Å². The molecule has 0 aliphatic heterocycles. The second-order valence-electron chi connectivity index (χ2n) is 6.79. The van der Waals surface area contributed by atoms with Crippen LogP contribution in [0.25, 0.3) is 0 Å². The predicted molar refractivity (Wildman–Crippen MR) is 86.7 cm³/mol. The monoisotopic (exact) mass is 323 g/mol. The van der Waals surface area contributed by atoms with Crippen LogP contribution in [0.15, 0.2) is 18.2 Å². The lowest BCUT2D eigenvalue weighted by atomic mass is 9.88. The number of esters is 1. The van der Waals surface area contributed by atoms with E-state index in [1.807, 2.05) is 0 Å². The van der Waals surface area contributed by atoms with E-state index in [4.69, 9.17) is 9.47 Å². The first-order valence-electron chi connectivity index (χ1n) is 8.22. The molecule has 0 heterocycles. The van der Waals surface area contributed by atoms with Crippen LogP contribution in [0.4, 0.5) is 4.39 Å². The van der Waals surface area contributed by atoms with Gasteiger partial charge in [-0.2, -0.15) is 0 Å². The zero-order valence-corrected chi connectivity index (χ0v) is 14.3. The molecule has 1 saturated carbocycles. The fourth-order valence-electron chi connectivity index (χ4n) is 2.56. The summed E-state index contributed by atoms with van der Waals surface area (Å²) in [5.74, 6) is -0.374. The van der Waals surface area contributed by atoms with Crippen molar-refractivity contribution in [3.63, 3.8) is 0 Å². The molecule has 0 atom stereocenters. The van der Waals surface area contributed by atoms with Gasteiger partial charge in [0, 0.05) is 18.2 Å². The van der Waals surface area contributed by atoms with Gasteiger partial charge in [-0.15, -0.1) is 0 Å². The van der Waals surface area contributed by atoms with Gasteiger partial charge in [0.15, 0.2) is 0 Å². The van der Waals surface area contributed by atoms with E-state index in [0.717, 1.165) is 12.8 Å². The summed E-state index contributed by atoms with van der Waals surface area (Å²) in [5, 5.41) is 3.45. The molecule has 0 spiro atoms. The lowest BCUT2D eigenvalue weighted by Crippen LogP contribution is -2.49. The van der Waals surface area contributed by atoms with Gasteiger partial charge in [-0.1, -0.05) is 27.7 Å². The maximum atomic E-state index is 13.7. The summed E-state index contributed by atoms with van der Waals surface area (Å²) in [6, 6.07) is 5.40. The van der Waals surface area contributed by atoms with Gasteiger partial charge in [0.25, 0.3) is 0 Å². The van der Waals surface area contributed by atoms with Crippen molar-refractivity contribution in [2.75, 3.05) is 0 Å². The van der Waals surface area contributed by atoms with E-state index >= 15 is 0 Å². The van der Waals surface area contributed by atoms with Crippen LogP contribution in [0, 0.1) is 11.7 Å². The average Bonchev–Trinajstić information content (AvgIpc) is 2.41. The Bertz CT molecular complexity index is 539. The second-order valence-corrected chi connectivity index (χ2v) is 6.79. The minimum absolute atomic E-state index is 0.0628. The van der Waals surface area contributed by atoms with Crippen LogP contribution < -0.4 is 10.1 Å². The number of hydrogen-bond donors (Lipinski definition) is 1. The molecule has 23 heavy (non-hydrogen) atoms. The highest BCUT2D eigenvalue weighted by atomic mass is 19.1. The highest BCUT2D eigenvalue weighted by Gasteiger charge is 2.31. The van der Waals surface area contributed by atoms with Crippen LogP contribution in [-0.4, -0.2) is 24.2 Å². The SMILES string of the molecule is CC(C)NC1CC(Oc2cc(F)cc(COC(=O)C(C)C)c2)C1. The molecule has 1 fully saturated rings. The first-order chi connectivity index (χ1) is 10.8. The van der Waals surface area contributed by atoms with Crippen LogP contribution >= 0.6 is 0 Å². The molecular formula is C18H26FNO3. The van der Waals surface area contributed by atoms with Crippen molar-refractivity contribution in [2.24, 2.45) is 5.92 Å². The molecule has 0 amide bonds. The van der Waals surface area contributed by atoms with E-state index in [2.05, 4.69) is 19.2 Å². The van der Waals surface area contributed by atoms with E-state index in [9.17, 15) is 9.18 Å². The van der Waals surface area contributed by atoms with Crippen molar-refractivity contribution in [3.8, 4) is 5.75 Å². The third kappa shape index (κ3) is 5.50. The summed E-state index contributed by atoms with van der Waals surface area (Å²) < 4.78 is 24.7. The highest BCUT2D eigenvalue weighted by Crippen LogP contribution is 2.27. The van der Waals surface area contributed by atoms with E-state index in [0.29, 0.717) is 23.4 Å². The zero-order valence-electron chi connectivity index (χ0n) is 14.3. The first-order valence-corrected chi connectivity index (χ1v) is 8.22. The Morgan fingerprint density at radius 1 is 1.26 bits per heavy atom.